The first-order valence-corrected chi connectivity index (χ1v) is 2.30. The maximum atomic E-state index is 10.1. The Balaban J connectivity index is 3.54. The molecule has 0 unspecified atom stereocenters. The molecule has 0 bridgehead atoms. The summed E-state index contributed by atoms with van der Waals surface area (Å²) in [7, 11) is 0. The van der Waals surface area contributed by atoms with Crippen LogP contribution in [0.3, 0.4) is 0 Å². The number of ether oxygens (including phenoxy) is 1. The van der Waals surface area contributed by atoms with E-state index in [0.29, 0.717) is 0 Å². The number of carbonyl (C=O) groups is 4. The Kier molecular flexibility index (Phi) is 3.70. The molecule has 0 aliphatic heterocycles. The Morgan fingerprint density at radius 2 is 1.80 bits per heavy atom. The summed E-state index contributed by atoms with van der Waals surface area (Å²) in [4.78, 5) is 39.2. The van der Waals surface area contributed by atoms with Gasteiger partial charge in [-0.1, -0.05) is 0 Å². The van der Waals surface area contributed by atoms with Crippen molar-refractivity contribution in [1.29, 1.82) is 0 Å². The van der Waals surface area contributed by atoms with E-state index in [-0.39, 0.29) is 12.6 Å². The Hall–Kier alpha value is -1.52. The molecule has 5 heteroatoms. The van der Waals surface area contributed by atoms with Crippen LogP contribution in [0, 0.1) is 0 Å². The second-order valence-electron chi connectivity index (χ2n) is 1.31. The van der Waals surface area contributed by atoms with Crippen LogP contribution in [0.1, 0.15) is 0 Å². The first-order chi connectivity index (χ1) is 4.70. The lowest BCUT2D eigenvalue weighted by molar-refractivity contribution is -0.151. The summed E-state index contributed by atoms with van der Waals surface area (Å²) in [5, 5.41) is 0. The minimum absolute atomic E-state index is 0.0120. The molecule has 0 rings (SSSR count). The van der Waals surface area contributed by atoms with Gasteiger partial charge in [-0.15, -0.1) is 0 Å². The molecule has 0 fully saturated rings. The van der Waals surface area contributed by atoms with Crippen molar-refractivity contribution in [1.82, 2.24) is 0 Å². The van der Waals surface area contributed by atoms with Crippen LogP contribution >= 0.6 is 0 Å². The number of ketones is 1. The number of carbonyl (C=O) groups excluding carboxylic acids is 4. The highest BCUT2D eigenvalue weighted by Crippen LogP contribution is 1.73. The van der Waals surface area contributed by atoms with Crippen LogP contribution in [0.2, 0.25) is 0 Å². The SMILES string of the molecule is O=CC(=O)COC(=O)C=O. The Bertz CT molecular complexity index is 151. The molecule has 54 valence electrons. The van der Waals surface area contributed by atoms with Crippen LogP contribution in [0.5, 0.6) is 0 Å². The fourth-order valence-corrected chi connectivity index (χ4v) is 0.210. The molecule has 0 radical (unpaired) electrons. The molecular formula is C5H4O5. The van der Waals surface area contributed by atoms with Gasteiger partial charge < -0.3 is 4.74 Å². The van der Waals surface area contributed by atoms with Gasteiger partial charge in [-0.2, -0.15) is 0 Å². The summed E-state index contributed by atoms with van der Waals surface area (Å²) in [5.41, 5.74) is 0. The summed E-state index contributed by atoms with van der Waals surface area (Å²) in [5.74, 6) is -2.04. The number of Topliss-reactive ketones (excluding diaryl/α,β-unsaturated/α-hetero) is 1. The molecule has 0 atom stereocenters. The van der Waals surface area contributed by atoms with Gasteiger partial charge >= 0.3 is 5.97 Å². The van der Waals surface area contributed by atoms with Crippen molar-refractivity contribution >= 4 is 24.3 Å². The van der Waals surface area contributed by atoms with E-state index < -0.39 is 18.4 Å². The largest absolute Gasteiger partial charge is 0.452 e. The molecule has 10 heavy (non-hydrogen) atoms. The lowest BCUT2D eigenvalue weighted by Crippen LogP contribution is -2.14. The van der Waals surface area contributed by atoms with Crippen LogP contribution in [0.15, 0.2) is 0 Å². The zero-order valence-corrected chi connectivity index (χ0v) is 4.90. The molecule has 0 aliphatic carbocycles. The smallest absolute Gasteiger partial charge is 0.371 e. The fourth-order valence-electron chi connectivity index (χ4n) is 0.210. The van der Waals surface area contributed by atoms with Crippen molar-refractivity contribution in [3.8, 4) is 0 Å². The minimum atomic E-state index is -1.16. The number of hydrogen-bond acceptors (Lipinski definition) is 5. The molecule has 0 aromatic heterocycles. The molecular weight excluding hydrogens is 140 g/mol. The molecule has 0 amide bonds. The number of esters is 1. The van der Waals surface area contributed by atoms with E-state index in [2.05, 4.69) is 4.74 Å². The molecule has 0 aromatic rings. The van der Waals surface area contributed by atoms with E-state index >= 15 is 0 Å². The van der Waals surface area contributed by atoms with Gasteiger partial charge in [0, 0.05) is 0 Å². The first-order valence-electron chi connectivity index (χ1n) is 2.30. The molecule has 0 aromatic carbocycles. The van der Waals surface area contributed by atoms with E-state index in [1.54, 1.807) is 0 Å². The monoisotopic (exact) mass is 144 g/mol. The van der Waals surface area contributed by atoms with Gasteiger partial charge in [-0.05, 0) is 0 Å². The van der Waals surface area contributed by atoms with E-state index in [1.165, 1.54) is 0 Å². The van der Waals surface area contributed by atoms with Gasteiger partial charge in [-0.3, -0.25) is 14.4 Å². The van der Waals surface area contributed by atoms with Gasteiger partial charge in [-0.25, -0.2) is 4.79 Å². The summed E-state index contributed by atoms with van der Waals surface area (Å²) >= 11 is 0. The Morgan fingerprint density at radius 1 is 1.20 bits per heavy atom. The van der Waals surface area contributed by atoms with Crippen molar-refractivity contribution in [3.05, 3.63) is 0 Å². The Morgan fingerprint density at radius 3 is 2.20 bits per heavy atom. The second kappa shape index (κ2) is 4.37. The van der Waals surface area contributed by atoms with Crippen LogP contribution in [-0.4, -0.2) is 30.9 Å². The summed E-state index contributed by atoms with van der Waals surface area (Å²) in [6.07, 6.45) is -0.0732. The van der Waals surface area contributed by atoms with Gasteiger partial charge in [0.1, 0.15) is 0 Å². The minimum Gasteiger partial charge on any atom is -0.452 e. The van der Waals surface area contributed by atoms with Gasteiger partial charge in [0.25, 0.3) is 0 Å². The molecule has 5 nitrogen and oxygen atoms in total. The third kappa shape index (κ3) is 3.48. The molecule has 0 aliphatic rings. The second-order valence-corrected chi connectivity index (χ2v) is 1.31. The van der Waals surface area contributed by atoms with Crippen molar-refractivity contribution in [2.75, 3.05) is 6.61 Å². The molecule has 0 saturated carbocycles. The first kappa shape index (κ1) is 8.48. The summed E-state index contributed by atoms with van der Waals surface area (Å²) in [6.45, 7) is -0.666. The topological polar surface area (TPSA) is 77.5 Å². The van der Waals surface area contributed by atoms with Gasteiger partial charge in [0.2, 0.25) is 12.1 Å². The maximum Gasteiger partial charge on any atom is 0.371 e. The number of hydrogen-bond donors (Lipinski definition) is 0. The van der Waals surface area contributed by atoms with Crippen LogP contribution < -0.4 is 0 Å². The van der Waals surface area contributed by atoms with E-state index in [0.717, 1.165) is 0 Å². The lowest BCUT2D eigenvalue weighted by atomic mass is 10.5. The highest BCUT2D eigenvalue weighted by molar-refractivity contribution is 6.27. The standard InChI is InChI=1S/C5H4O5/c6-1-4(8)3-10-5(9)2-7/h1-2H,3H2. The number of aldehydes is 2. The van der Waals surface area contributed by atoms with Gasteiger partial charge in [0.05, 0.1) is 0 Å². The third-order valence-corrected chi connectivity index (χ3v) is 0.584. The van der Waals surface area contributed by atoms with Crippen LogP contribution in [0.4, 0.5) is 0 Å². The number of rotatable bonds is 4. The molecule has 0 spiro atoms. The summed E-state index contributed by atoms with van der Waals surface area (Å²) < 4.78 is 3.96. The third-order valence-electron chi connectivity index (χ3n) is 0.584. The van der Waals surface area contributed by atoms with Crippen molar-refractivity contribution < 1.29 is 23.9 Å². The van der Waals surface area contributed by atoms with Crippen molar-refractivity contribution in [3.63, 3.8) is 0 Å². The quantitative estimate of drug-likeness (QED) is 0.272. The zero-order valence-electron chi connectivity index (χ0n) is 4.90. The highest BCUT2D eigenvalue weighted by atomic mass is 16.5. The predicted molar refractivity (Wildman–Crippen MR) is 28.1 cm³/mol. The van der Waals surface area contributed by atoms with Crippen LogP contribution in [0.25, 0.3) is 0 Å². The van der Waals surface area contributed by atoms with E-state index in [9.17, 15) is 19.2 Å². The van der Waals surface area contributed by atoms with Crippen molar-refractivity contribution in [2.45, 2.75) is 0 Å². The lowest BCUT2D eigenvalue weighted by Gasteiger charge is -1.92. The van der Waals surface area contributed by atoms with Gasteiger partial charge in [0.15, 0.2) is 12.9 Å². The highest BCUT2D eigenvalue weighted by Gasteiger charge is 2.03. The average molecular weight is 144 g/mol. The molecule has 0 N–H and O–H groups in total. The Labute approximate surface area is 56.0 Å². The molecule has 0 heterocycles. The predicted octanol–water partition coefficient (Wildman–Crippen LogP) is -1.50. The maximum absolute atomic E-state index is 10.1. The zero-order chi connectivity index (χ0) is 7.98. The average Bonchev–Trinajstić information content (AvgIpc) is 1.99. The van der Waals surface area contributed by atoms with Crippen molar-refractivity contribution in [2.24, 2.45) is 0 Å². The normalized spacial score (nSPS) is 8.00. The van der Waals surface area contributed by atoms with E-state index in [4.69, 9.17) is 0 Å². The van der Waals surface area contributed by atoms with E-state index in [1.807, 2.05) is 0 Å². The summed E-state index contributed by atoms with van der Waals surface area (Å²) in [6, 6.07) is 0. The molecule has 0 saturated heterocycles. The fraction of sp³-hybridized carbons (Fsp3) is 0.200. The van der Waals surface area contributed by atoms with Crippen LogP contribution in [-0.2, 0) is 23.9 Å².